The Kier molecular flexibility index (Phi) is 24.2. The quantitative estimate of drug-likeness (QED) is 0.0983. The molecule has 10 heteroatoms. The van der Waals surface area contributed by atoms with Crippen molar-refractivity contribution in [2.45, 2.75) is 84.2 Å². The first-order valence-corrected chi connectivity index (χ1v) is 15.2. The molecule has 0 aromatic carbocycles. The van der Waals surface area contributed by atoms with E-state index in [0.717, 1.165) is 37.4 Å². The number of esters is 1. The van der Waals surface area contributed by atoms with Crippen molar-refractivity contribution in [2.24, 2.45) is 0 Å². The van der Waals surface area contributed by atoms with E-state index in [1.165, 1.54) is 42.8 Å². The highest BCUT2D eigenvalue weighted by atomic mass is 32.2. The molecule has 1 amide bonds. The third-order valence-electron chi connectivity index (χ3n) is 5.05. The molecule has 8 nitrogen and oxygen atoms in total. The normalized spacial score (nSPS) is 11.5. The van der Waals surface area contributed by atoms with E-state index in [1.807, 2.05) is 11.8 Å². The minimum absolute atomic E-state index is 0.106. The Bertz CT molecular complexity index is 533. The highest BCUT2D eigenvalue weighted by Gasteiger charge is 2.21. The minimum atomic E-state index is -0.613. The van der Waals surface area contributed by atoms with Gasteiger partial charge in [-0.25, -0.2) is 4.79 Å². The third-order valence-corrected chi connectivity index (χ3v) is 6.26. The first-order valence-electron chi connectivity index (χ1n) is 13.4. The van der Waals surface area contributed by atoms with Gasteiger partial charge in [0.1, 0.15) is 12.2 Å². The van der Waals surface area contributed by atoms with Gasteiger partial charge in [0.15, 0.2) is 0 Å². The molecule has 0 aliphatic heterocycles. The SMILES string of the molecule is CC(C)(C)OC(=O)N(CCO)CCOC(=O)CCCCCCCCCCSCCOCCOCCS. The molecule has 0 rings (SSSR count). The Morgan fingerprint density at radius 2 is 1.42 bits per heavy atom. The molecule has 214 valence electrons. The Labute approximate surface area is 228 Å². The molecule has 0 unspecified atom stereocenters. The van der Waals surface area contributed by atoms with Crippen molar-refractivity contribution in [3.05, 3.63) is 0 Å². The molecule has 0 saturated heterocycles. The van der Waals surface area contributed by atoms with Gasteiger partial charge in [-0.15, -0.1) is 0 Å². The summed E-state index contributed by atoms with van der Waals surface area (Å²) in [5.74, 6) is 2.74. The van der Waals surface area contributed by atoms with Crippen molar-refractivity contribution in [1.82, 2.24) is 4.90 Å². The summed E-state index contributed by atoms with van der Waals surface area (Å²) >= 11 is 6.04. The number of amides is 1. The van der Waals surface area contributed by atoms with Crippen LogP contribution < -0.4 is 0 Å². The number of thiol groups is 1. The van der Waals surface area contributed by atoms with E-state index in [-0.39, 0.29) is 32.3 Å². The number of thioether (sulfide) groups is 1. The van der Waals surface area contributed by atoms with Gasteiger partial charge in [-0.05, 0) is 39.4 Å². The molecule has 0 heterocycles. The highest BCUT2D eigenvalue weighted by molar-refractivity contribution is 7.99. The number of carbonyl (C=O) groups is 2. The molecule has 0 aliphatic carbocycles. The number of aliphatic hydroxyl groups excluding tert-OH is 1. The number of unbranched alkanes of at least 4 members (excludes halogenated alkanes) is 7. The van der Waals surface area contributed by atoms with Crippen LogP contribution in [0.4, 0.5) is 4.79 Å². The number of carbonyl (C=O) groups excluding carboxylic acids is 2. The molecule has 1 N–H and O–H groups in total. The molecule has 0 bridgehead atoms. The van der Waals surface area contributed by atoms with Crippen LogP contribution in [-0.4, -0.2) is 97.7 Å². The predicted molar refractivity (Wildman–Crippen MR) is 150 cm³/mol. The second-order valence-electron chi connectivity index (χ2n) is 9.55. The van der Waals surface area contributed by atoms with E-state index in [4.69, 9.17) is 24.1 Å². The number of rotatable bonds is 24. The molecule has 0 aromatic rings. The van der Waals surface area contributed by atoms with Crippen LogP contribution >= 0.6 is 24.4 Å². The lowest BCUT2D eigenvalue weighted by Crippen LogP contribution is -2.40. The van der Waals surface area contributed by atoms with Crippen molar-refractivity contribution in [1.29, 1.82) is 0 Å². The summed E-state index contributed by atoms with van der Waals surface area (Å²) in [4.78, 5) is 25.4. The Balaban J connectivity index is 3.49. The summed E-state index contributed by atoms with van der Waals surface area (Å²) in [6.45, 7) is 8.43. The summed E-state index contributed by atoms with van der Waals surface area (Å²) in [6.07, 6.45) is 9.12. The first kappa shape index (κ1) is 35.3. The van der Waals surface area contributed by atoms with Gasteiger partial charge in [0.2, 0.25) is 0 Å². The zero-order chi connectivity index (χ0) is 26.9. The topological polar surface area (TPSA) is 94.5 Å². The van der Waals surface area contributed by atoms with E-state index in [2.05, 4.69) is 12.6 Å². The molecule has 0 radical (unpaired) electrons. The van der Waals surface area contributed by atoms with E-state index in [0.29, 0.717) is 26.2 Å². The van der Waals surface area contributed by atoms with Crippen molar-refractivity contribution >= 4 is 36.5 Å². The smallest absolute Gasteiger partial charge is 0.410 e. The monoisotopic (exact) mass is 553 g/mol. The predicted octanol–water partition coefficient (Wildman–Crippen LogP) is 4.97. The molecule has 0 fully saturated rings. The maximum absolute atomic E-state index is 12.1. The van der Waals surface area contributed by atoms with Crippen LogP contribution in [0.5, 0.6) is 0 Å². The lowest BCUT2D eigenvalue weighted by molar-refractivity contribution is -0.144. The molecule has 0 spiro atoms. The fourth-order valence-electron chi connectivity index (χ4n) is 3.22. The van der Waals surface area contributed by atoms with Crippen molar-refractivity contribution < 1.29 is 33.6 Å². The van der Waals surface area contributed by atoms with E-state index in [9.17, 15) is 9.59 Å². The van der Waals surface area contributed by atoms with Gasteiger partial charge in [0, 0.05) is 24.5 Å². The van der Waals surface area contributed by atoms with Crippen LogP contribution in [0, 0.1) is 0 Å². The lowest BCUT2D eigenvalue weighted by atomic mass is 10.1. The summed E-state index contributed by atoms with van der Waals surface area (Å²) in [7, 11) is 0. The van der Waals surface area contributed by atoms with Crippen molar-refractivity contribution in [3.63, 3.8) is 0 Å². The highest BCUT2D eigenvalue weighted by Crippen LogP contribution is 2.13. The average molecular weight is 554 g/mol. The number of aliphatic hydroxyl groups is 1. The number of hydrogen-bond donors (Lipinski definition) is 2. The minimum Gasteiger partial charge on any atom is -0.464 e. The zero-order valence-corrected chi connectivity index (χ0v) is 24.6. The average Bonchev–Trinajstić information content (AvgIpc) is 2.81. The summed E-state index contributed by atoms with van der Waals surface area (Å²) in [6, 6.07) is 0. The molecule has 0 aromatic heterocycles. The maximum atomic E-state index is 12.1. The number of ether oxygens (including phenoxy) is 4. The van der Waals surface area contributed by atoms with E-state index < -0.39 is 11.7 Å². The van der Waals surface area contributed by atoms with Crippen LogP contribution in [0.2, 0.25) is 0 Å². The molecule has 0 aliphatic rings. The van der Waals surface area contributed by atoms with Crippen LogP contribution in [0.1, 0.15) is 78.6 Å². The fourth-order valence-corrected chi connectivity index (χ4v) is 4.20. The second-order valence-corrected chi connectivity index (χ2v) is 11.2. The van der Waals surface area contributed by atoms with Crippen LogP contribution in [0.15, 0.2) is 0 Å². The number of nitrogens with zero attached hydrogens (tertiary/aromatic N) is 1. The summed E-state index contributed by atoms with van der Waals surface area (Å²) < 4.78 is 21.4. The largest absolute Gasteiger partial charge is 0.464 e. The van der Waals surface area contributed by atoms with Gasteiger partial charge < -0.3 is 29.0 Å². The molecule has 0 saturated carbocycles. The van der Waals surface area contributed by atoms with E-state index >= 15 is 0 Å². The van der Waals surface area contributed by atoms with Crippen LogP contribution in [0.3, 0.4) is 0 Å². The first-order chi connectivity index (χ1) is 17.3. The summed E-state index contributed by atoms with van der Waals surface area (Å²) in [5, 5.41) is 9.15. The van der Waals surface area contributed by atoms with Crippen molar-refractivity contribution in [2.75, 3.05) is 70.0 Å². The molecule has 0 atom stereocenters. The molecular formula is C26H51NO7S2. The Hall–Kier alpha value is -0.680. The Morgan fingerprint density at radius 3 is 2.03 bits per heavy atom. The zero-order valence-electron chi connectivity index (χ0n) is 22.8. The fraction of sp³-hybridized carbons (Fsp3) is 0.923. The standard InChI is InChI=1S/C26H51NO7S2/c1-26(2,3)34-25(30)27(13-15-28)14-16-33-24(29)12-10-8-6-4-5-7-9-11-22-36-23-20-32-18-17-31-19-21-35/h28,35H,4-23H2,1-3H3. The maximum Gasteiger partial charge on any atom is 0.410 e. The van der Waals surface area contributed by atoms with Crippen LogP contribution in [0.25, 0.3) is 0 Å². The number of hydrogen-bond acceptors (Lipinski definition) is 9. The van der Waals surface area contributed by atoms with Gasteiger partial charge >= 0.3 is 12.1 Å². The van der Waals surface area contributed by atoms with Gasteiger partial charge in [-0.3, -0.25) is 4.79 Å². The molecule has 36 heavy (non-hydrogen) atoms. The summed E-state index contributed by atoms with van der Waals surface area (Å²) in [5.41, 5.74) is -0.613. The van der Waals surface area contributed by atoms with E-state index in [1.54, 1.807) is 20.8 Å². The lowest BCUT2D eigenvalue weighted by Gasteiger charge is -2.26. The second kappa shape index (κ2) is 24.6. The Morgan fingerprint density at radius 1 is 0.806 bits per heavy atom. The third kappa shape index (κ3) is 25.0. The van der Waals surface area contributed by atoms with Gasteiger partial charge in [0.05, 0.1) is 39.6 Å². The van der Waals surface area contributed by atoms with Gasteiger partial charge in [0.25, 0.3) is 0 Å². The van der Waals surface area contributed by atoms with Gasteiger partial charge in [-0.2, -0.15) is 24.4 Å². The van der Waals surface area contributed by atoms with Crippen molar-refractivity contribution in [3.8, 4) is 0 Å². The van der Waals surface area contributed by atoms with Gasteiger partial charge in [-0.1, -0.05) is 38.5 Å². The molecular weight excluding hydrogens is 502 g/mol. The van der Waals surface area contributed by atoms with Crippen LogP contribution in [-0.2, 0) is 23.7 Å².